The van der Waals surface area contributed by atoms with Crippen LogP contribution in [-0.4, -0.2) is 16.5 Å². The van der Waals surface area contributed by atoms with Crippen LogP contribution in [0.25, 0.3) is 22.4 Å². The first-order valence-electron chi connectivity index (χ1n) is 6.84. The summed E-state index contributed by atoms with van der Waals surface area (Å²) in [6, 6.07) is 8.14. The molecule has 0 saturated heterocycles. The van der Waals surface area contributed by atoms with Gasteiger partial charge in [-0.05, 0) is 25.0 Å². The van der Waals surface area contributed by atoms with Crippen LogP contribution >= 0.6 is 0 Å². The Kier molecular flexibility index (Phi) is 3.37. The molecule has 0 unspecified atom stereocenters. The highest BCUT2D eigenvalue weighted by Gasteiger charge is 2.13. The molecule has 0 aliphatic carbocycles. The molecule has 20 heavy (non-hydrogen) atoms. The van der Waals surface area contributed by atoms with Crippen molar-refractivity contribution in [1.82, 2.24) is 9.97 Å². The lowest BCUT2D eigenvalue weighted by atomic mass is 10.2. The van der Waals surface area contributed by atoms with Gasteiger partial charge in [0.2, 0.25) is 0 Å². The van der Waals surface area contributed by atoms with E-state index in [2.05, 4.69) is 22.2 Å². The molecule has 3 aromatic rings. The number of hydrogen-bond acceptors (Lipinski definition) is 4. The zero-order chi connectivity index (χ0) is 13.9. The van der Waals surface area contributed by atoms with Crippen molar-refractivity contribution in [2.45, 2.75) is 20.3 Å². The molecule has 4 nitrogen and oxygen atoms in total. The summed E-state index contributed by atoms with van der Waals surface area (Å²) < 4.78 is 5.96. The average Bonchev–Trinajstić information content (AvgIpc) is 2.91. The number of nitrogens with zero attached hydrogens (tertiary/aromatic N) is 2. The van der Waals surface area contributed by atoms with Crippen molar-refractivity contribution in [1.29, 1.82) is 0 Å². The number of aryl methyl sites for hydroxylation is 1. The van der Waals surface area contributed by atoms with Crippen LogP contribution in [0.15, 0.2) is 41.1 Å². The van der Waals surface area contributed by atoms with Crippen molar-refractivity contribution in [3.05, 3.63) is 42.2 Å². The molecule has 0 spiro atoms. The van der Waals surface area contributed by atoms with Gasteiger partial charge in [0.25, 0.3) is 0 Å². The SMILES string of the molecule is CCCNc1nccnc1-c1cc2cccc(C)c2o1. The zero-order valence-electron chi connectivity index (χ0n) is 11.7. The van der Waals surface area contributed by atoms with E-state index in [1.54, 1.807) is 12.4 Å². The minimum Gasteiger partial charge on any atom is -0.454 e. The first-order chi connectivity index (χ1) is 9.79. The largest absolute Gasteiger partial charge is 0.454 e. The number of para-hydroxylation sites is 1. The lowest BCUT2D eigenvalue weighted by Gasteiger charge is -2.06. The van der Waals surface area contributed by atoms with Gasteiger partial charge in [-0.2, -0.15) is 0 Å². The molecule has 0 aliphatic rings. The van der Waals surface area contributed by atoms with Crippen LogP contribution in [0.5, 0.6) is 0 Å². The summed E-state index contributed by atoms with van der Waals surface area (Å²) in [5.74, 6) is 1.52. The summed E-state index contributed by atoms with van der Waals surface area (Å²) in [4.78, 5) is 8.76. The third kappa shape index (κ3) is 2.25. The molecule has 0 fully saturated rings. The van der Waals surface area contributed by atoms with E-state index in [-0.39, 0.29) is 0 Å². The van der Waals surface area contributed by atoms with E-state index in [0.717, 1.165) is 46.8 Å². The molecule has 3 rings (SSSR count). The molecule has 0 saturated carbocycles. The van der Waals surface area contributed by atoms with E-state index < -0.39 is 0 Å². The fourth-order valence-electron chi connectivity index (χ4n) is 2.22. The number of aromatic nitrogens is 2. The Morgan fingerprint density at radius 2 is 2.05 bits per heavy atom. The highest BCUT2D eigenvalue weighted by Crippen LogP contribution is 2.31. The van der Waals surface area contributed by atoms with Crippen molar-refractivity contribution in [3.8, 4) is 11.5 Å². The third-order valence-electron chi connectivity index (χ3n) is 3.22. The number of nitrogens with one attached hydrogen (secondary N) is 1. The monoisotopic (exact) mass is 267 g/mol. The maximum Gasteiger partial charge on any atom is 0.157 e. The normalized spacial score (nSPS) is 10.9. The fourth-order valence-corrected chi connectivity index (χ4v) is 2.22. The van der Waals surface area contributed by atoms with Crippen molar-refractivity contribution in [3.63, 3.8) is 0 Å². The number of hydrogen-bond donors (Lipinski definition) is 1. The van der Waals surface area contributed by atoms with E-state index in [0.29, 0.717) is 0 Å². The van der Waals surface area contributed by atoms with Gasteiger partial charge >= 0.3 is 0 Å². The van der Waals surface area contributed by atoms with Gasteiger partial charge in [0.1, 0.15) is 11.3 Å². The van der Waals surface area contributed by atoms with E-state index >= 15 is 0 Å². The lowest BCUT2D eigenvalue weighted by molar-refractivity contribution is 0.626. The second kappa shape index (κ2) is 5.33. The lowest BCUT2D eigenvalue weighted by Crippen LogP contribution is -2.04. The molecule has 102 valence electrons. The first kappa shape index (κ1) is 12.7. The Morgan fingerprint density at radius 1 is 1.20 bits per heavy atom. The highest BCUT2D eigenvalue weighted by molar-refractivity contribution is 5.86. The van der Waals surface area contributed by atoms with Gasteiger partial charge in [0, 0.05) is 24.3 Å². The quantitative estimate of drug-likeness (QED) is 0.775. The van der Waals surface area contributed by atoms with Crippen molar-refractivity contribution in [2.24, 2.45) is 0 Å². The average molecular weight is 267 g/mol. The van der Waals surface area contributed by atoms with E-state index in [4.69, 9.17) is 4.42 Å². The Hall–Kier alpha value is -2.36. The molecule has 0 atom stereocenters. The standard InChI is InChI=1S/C16H17N3O/c1-3-7-18-16-14(17-8-9-19-16)13-10-12-6-4-5-11(2)15(12)20-13/h4-6,8-10H,3,7H2,1-2H3,(H,18,19). The van der Waals surface area contributed by atoms with E-state index in [1.807, 2.05) is 31.2 Å². The van der Waals surface area contributed by atoms with Crippen molar-refractivity contribution in [2.75, 3.05) is 11.9 Å². The van der Waals surface area contributed by atoms with Gasteiger partial charge in [-0.1, -0.05) is 25.1 Å². The van der Waals surface area contributed by atoms with Crippen LogP contribution < -0.4 is 5.32 Å². The van der Waals surface area contributed by atoms with Gasteiger partial charge in [-0.15, -0.1) is 0 Å². The van der Waals surface area contributed by atoms with Gasteiger partial charge in [0.15, 0.2) is 11.6 Å². The fraction of sp³-hybridized carbons (Fsp3) is 0.250. The zero-order valence-corrected chi connectivity index (χ0v) is 11.7. The number of furan rings is 1. The smallest absolute Gasteiger partial charge is 0.157 e. The van der Waals surface area contributed by atoms with Crippen LogP contribution in [0.1, 0.15) is 18.9 Å². The highest BCUT2D eigenvalue weighted by atomic mass is 16.3. The van der Waals surface area contributed by atoms with Crippen molar-refractivity contribution >= 4 is 16.8 Å². The third-order valence-corrected chi connectivity index (χ3v) is 3.22. The second-order valence-corrected chi connectivity index (χ2v) is 4.78. The Morgan fingerprint density at radius 3 is 2.85 bits per heavy atom. The van der Waals surface area contributed by atoms with Gasteiger partial charge < -0.3 is 9.73 Å². The van der Waals surface area contributed by atoms with Crippen molar-refractivity contribution < 1.29 is 4.42 Å². The van der Waals surface area contributed by atoms with Crippen LogP contribution in [0.2, 0.25) is 0 Å². The predicted molar refractivity (Wildman–Crippen MR) is 80.8 cm³/mol. The van der Waals surface area contributed by atoms with Crippen LogP contribution in [0.3, 0.4) is 0 Å². The van der Waals surface area contributed by atoms with Crippen LogP contribution in [0, 0.1) is 6.92 Å². The molecular formula is C16H17N3O. The van der Waals surface area contributed by atoms with Gasteiger partial charge in [0.05, 0.1) is 0 Å². The summed E-state index contributed by atoms with van der Waals surface area (Å²) in [6.07, 6.45) is 4.41. The molecule has 2 heterocycles. The van der Waals surface area contributed by atoms with E-state index in [1.165, 1.54) is 0 Å². The number of anilines is 1. The van der Waals surface area contributed by atoms with Crippen LogP contribution in [0.4, 0.5) is 5.82 Å². The molecule has 0 radical (unpaired) electrons. The van der Waals surface area contributed by atoms with Gasteiger partial charge in [-0.25, -0.2) is 9.97 Å². The second-order valence-electron chi connectivity index (χ2n) is 4.78. The maximum absolute atomic E-state index is 5.96. The van der Waals surface area contributed by atoms with E-state index in [9.17, 15) is 0 Å². The number of benzene rings is 1. The number of rotatable bonds is 4. The molecule has 1 N–H and O–H groups in total. The Balaban J connectivity index is 2.08. The summed E-state index contributed by atoms with van der Waals surface area (Å²) in [5.41, 5.74) is 2.80. The molecular weight excluding hydrogens is 250 g/mol. The minimum absolute atomic E-state index is 0.751. The molecule has 2 aromatic heterocycles. The molecule has 0 aliphatic heterocycles. The summed E-state index contributed by atoms with van der Waals surface area (Å²) in [7, 11) is 0. The summed E-state index contributed by atoms with van der Waals surface area (Å²) >= 11 is 0. The Bertz CT molecular complexity index is 733. The Labute approximate surface area is 117 Å². The topological polar surface area (TPSA) is 51.0 Å². The predicted octanol–water partition coefficient (Wildman–Crippen LogP) is 4.02. The van der Waals surface area contributed by atoms with Gasteiger partial charge in [-0.3, -0.25) is 0 Å². The number of fused-ring (bicyclic) bond motifs is 1. The first-order valence-corrected chi connectivity index (χ1v) is 6.84. The molecule has 0 amide bonds. The molecule has 0 bridgehead atoms. The van der Waals surface area contributed by atoms with Crippen LogP contribution in [-0.2, 0) is 0 Å². The minimum atomic E-state index is 0.751. The molecule has 1 aromatic carbocycles. The molecule has 4 heteroatoms. The summed E-state index contributed by atoms with van der Waals surface area (Å²) in [5, 5.41) is 4.38. The summed E-state index contributed by atoms with van der Waals surface area (Å²) in [6.45, 7) is 5.03. The maximum atomic E-state index is 5.96.